The molecular weight excluding hydrogens is 790 g/mol. The van der Waals surface area contributed by atoms with E-state index in [2.05, 4.69) is 15.6 Å². The molecule has 5 unspecified atom stereocenters. The van der Waals surface area contributed by atoms with Crippen molar-refractivity contribution in [1.29, 1.82) is 0 Å². The second-order valence-electron chi connectivity index (χ2n) is 14.6. The van der Waals surface area contributed by atoms with Crippen molar-refractivity contribution < 1.29 is 73.8 Å². The summed E-state index contributed by atoms with van der Waals surface area (Å²) in [6.45, 7) is 3.01. The summed E-state index contributed by atoms with van der Waals surface area (Å²) in [6, 6.07) is 14.8. The number of hydrogen-bond donors (Lipinski definition) is 8. The highest BCUT2D eigenvalue weighted by molar-refractivity contribution is 6.01. The summed E-state index contributed by atoms with van der Waals surface area (Å²) in [5, 5.41) is 84.1. The minimum atomic E-state index is -1.79. The fourth-order valence-electron chi connectivity index (χ4n) is 7.32. The molecule has 4 heterocycles. The summed E-state index contributed by atoms with van der Waals surface area (Å²) in [5.74, 6) is -0.521. The van der Waals surface area contributed by atoms with Crippen molar-refractivity contribution in [3.05, 3.63) is 54.1 Å². The van der Waals surface area contributed by atoms with Crippen LogP contribution < -0.4 is 10.2 Å². The second kappa shape index (κ2) is 21.7. The van der Waals surface area contributed by atoms with Crippen LogP contribution >= 0.6 is 0 Å². The van der Waals surface area contributed by atoms with E-state index in [1.807, 2.05) is 55.5 Å². The summed E-state index contributed by atoms with van der Waals surface area (Å²) in [5.41, 5.74) is 3.90. The number of para-hydroxylation sites is 1. The Balaban J connectivity index is 1.10. The van der Waals surface area contributed by atoms with Crippen molar-refractivity contribution in [2.45, 2.75) is 101 Å². The molecule has 1 aromatic heterocycles. The van der Waals surface area contributed by atoms with Gasteiger partial charge in [0.05, 0.1) is 64.1 Å². The molecule has 6 rings (SSSR count). The first kappa shape index (κ1) is 45.5. The molecule has 2 saturated heterocycles. The molecule has 3 aromatic rings. The molecule has 2 amide bonds. The molecule has 60 heavy (non-hydrogen) atoms. The van der Waals surface area contributed by atoms with Gasteiger partial charge in [0, 0.05) is 37.1 Å². The average molecular weight is 846 g/mol. The van der Waals surface area contributed by atoms with Crippen LogP contribution in [0.25, 0.3) is 22.5 Å². The van der Waals surface area contributed by atoms with Gasteiger partial charge in [0.1, 0.15) is 54.5 Å². The van der Waals surface area contributed by atoms with Gasteiger partial charge in [0.2, 0.25) is 11.8 Å². The van der Waals surface area contributed by atoms with Gasteiger partial charge in [-0.3, -0.25) is 9.59 Å². The van der Waals surface area contributed by atoms with E-state index in [0.717, 1.165) is 17.5 Å². The molecule has 10 atom stereocenters. The number of nitrogens with zero attached hydrogens (tertiary/aromatic N) is 4. The highest BCUT2D eigenvalue weighted by Crippen LogP contribution is 2.41. The van der Waals surface area contributed by atoms with Gasteiger partial charge in [0.15, 0.2) is 12.6 Å². The summed E-state index contributed by atoms with van der Waals surface area (Å²) >= 11 is 0. The predicted molar refractivity (Wildman–Crippen MR) is 209 cm³/mol. The maximum absolute atomic E-state index is 13.9. The van der Waals surface area contributed by atoms with E-state index in [1.54, 1.807) is 9.58 Å². The highest BCUT2D eigenvalue weighted by Gasteiger charge is 2.50. The number of ether oxygens (including phenoxy) is 6. The predicted octanol–water partition coefficient (Wildman–Crippen LogP) is -1.56. The number of aliphatic hydroxyl groups excluding tert-OH is 7. The molecule has 0 aliphatic carbocycles. The largest absolute Gasteiger partial charge is 0.394 e. The number of nitrogens with one attached hydrogen (secondary N) is 1. The molecule has 3 aliphatic rings. The third kappa shape index (κ3) is 10.5. The van der Waals surface area contributed by atoms with Crippen molar-refractivity contribution in [2.75, 3.05) is 57.7 Å². The zero-order valence-corrected chi connectivity index (χ0v) is 33.3. The van der Waals surface area contributed by atoms with E-state index in [9.17, 15) is 45.3 Å². The summed E-state index contributed by atoms with van der Waals surface area (Å²) in [7, 11) is 0. The van der Waals surface area contributed by atoms with Gasteiger partial charge in [-0.1, -0.05) is 54.6 Å². The first-order valence-electron chi connectivity index (χ1n) is 20.1. The number of hydrogen-bond acceptors (Lipinski definition) is 17. The van der Waals surface area contributed by atoms with Crippen LogP contribution in [0.5, 0.6) is 0 Å². The lowest BCUT2D eigenvalue weighted by Gasteiger charge is -2.45. The molecule has 2 aromatic carbocycles. The van der Waals surface area contributed by atoms with Crippen molar-refractivity contribution >= 4 is 17.5 Å². The fourth-order valence-corrected chi connectivity index (χ4v) is 7.32. The number of rotatable bonds is 19. The summed E-state index contributed by atoms with van der Waals surface area (Å²) < 4.78 is 35.1. The Bertz CT molecular complexity index is 1850. The van der Waals surface area contributed by atoms with E-state index < -0.39 is 74.6 Å². The van der Waals surface area contributed by atoms with Gasteiger partial charge in [0.25, 0.3) is 0 Å². The first-order chi connectivity index (χ1) is 29.1. The van der Waals surface area contributed by atoms with Crippen LogP contribution in [0.15, 0.2) is 48.5 Å². The lowest BCUT2D eigenvalue weighted by atomic mass is 9.95. The molecule has 2 fully saturated rings. The number of carbonyl (C=O) groups is 2. The molecule has 330 valence electrons. The number of benzene rings is 2. The molecule has 20 heteroatoms. The number of fused-ring (bicyclic) bond motifs is 5. The molecule has 3 aliphatic heterocycles. The van der Waals surface area contributed by atoms with Gasteiger partial charge < -0.3 is 74.4 Å². The van der Waals surface area contributed by atoms with Gasteiger partial charge in [-0.25, -0.2) is 4.68 Å². The van der Waals surface area contributed by atoms with Crippen molar-refractivity contribution in [2.24, 2.45) is 0 Å². The Labute approximate surface area is 346 Å². The first-order valence-corrected chi connectivity index (χ1v) is 20.1. The number of anilines is 1. The van der Waals surface area contributed by atoms with Crippen LogP contribution in [0.4, 0.5) is 5.69 Å². The minimum absolute atomic E-state index is 0.0123. The van der Waals surface area contributed by atoms with E-state index >= 15 is 0 Å². The zero-order valence-electron chi connectivity index (χ0n) is 33.3. The number of amides is 2. The van der Waals surface area contributed by atoms with E-state index in [-0.39, 0.29) is 44.4 Å². The van der Waals surface area contributed by atoms with Crippen LogP contribution in [0.2, 0.25) is 0 Å². The minimum Gasteiger partial charge on any atom is -0.394 e. The Kier molecular flexibility index (Phi) is 16.5. The SMILES string of the molecule is CCCOCCOCCNC(=O)CCC(=O)N1Cc2ccccc2-c2c(nnn2CCO[C@@H]2O[C@@H](CO)[C@@H](O[C@@H]3OC(CO)[C@H](O)C(O)C3O)C(O)C2O)-c2ccccc21. The summed E-state index contributed by atoms with van der Waals surface area (Å²) in [4.78, 5) is 28.2. The van der Waals surface area contributed by atoms with Gasteiger partial charge in [-0.05, 0) is 18.1 Å². The molecule has 0 spiro atoms. The van der Waals surface area contributed by atoms with E-state index in [0.29, 0.717) is 55.6 Å². The number of aliphatic hydroxyl groups is 7. The third-order valence-electron chi connectivity index (χ3n) is 10.5. The smallest absolute Gasteiger partial charge is 0.227 e. The Morgan fingerprint density at radius 3 is 2.22 bits per heavy atom. The summed E-state index contributed by atoms with van der Waals surface area (Å²) in [6.07, 6.45) is -14.9. The molecule has 20 nitrogen and oxygen atoms in total. The Morgan fingerprint density at radius 2 is 1.47 bits per heavy atom. The maximum atomic E-state index is 13.9. The molecule has 0 radical (unpaired) electrons. The van der Waals surface area contributed by atoms with Crippen LogP contribution in [0, 0.1) is 0 Å². The Morgan fingerprint density at radius 1 is 0.783 bits per heavy atom. The highest BCUT2D eigenvalue weighted by atomic mass is 16.7. The van der Waals surface area contributed by atoms with Crippen molar-refractivity contribution in [1.82, 2.24) is 20.3 Å². The number of carbonyl (C=O) groups excluding carboxylic acids is 2. The molecular formula is C40H55N5O15. The lowest BCUT2D eigenvalue weighted by molar-refractivity contribution is -0.359. The van der Waals surface area contributed by atoms with E-state index in [4.69, 9.17) is 28.4 Å². The molecule has 0 saturated carbocycles. The monoisotopic (exact) mass is 845 g/mol. The average Bonchev–Trinajstić information content (AvgIpc) is 3.67. The molecule has 0 bridgehead atoms. The number of aromatic nitrogens is 3. The topological polar surface area (TPSA) is 277 Å². The van der Waals surface area contributed by atoms with Crippen LogP contribution in [-0.2, 0) is 51.1 Å². The zero-order chi connectivity index (χ0) is 42.8. The van der Waals surface area contributed by atoms with Crippen molar-refractivity contribution in [3.63, 3.8) is 0 Å². The molecule has 8 N–H and O–H groups in total. The second-order valence-corrected chi connectivity index (χ2v) is 14.6. The van der Waals surface area contributed by atoms with Gasteiger partial charge in [-0.15, -0.1) is 5.10 Å². The van der Waals surface area contributed by atoms with Crippen LogP contribution in [0.1, 0.15) is 31.7 Å². The normalized spacial score (nSPS) is 27.6. The van der Waals surface area contributed by atoms with E-state index in [1.165, 1.54) is 0 Å². The van der Waals surface area contributed by atoms with Crippen LogP contribution in [0.3, 0.4) is 0 Å². The van der Waals surface area contributed by atoms with Gasteiger partial charge in [-0.2, -0.15) is 0 Å². The third-order valence-corrected chi connectivity index (χ3v) is 10.5. The lowest BCUT2D eigenvalue weighted by Crippen LogP contribution is -2.64. The Hall–Kier alpha value is -4.00. The van der Waals surface area contributed by atoms with Gasteiger partial charge >= 0.3 is 0 Å². The standard InChI is InChI=1S/C40H55N5O15/c1-2-15-55-18-19-56-16-13-41-29(48)11-12-30(49)44-20-23-7-3-4-8-24(23)32-31(25-9-5-6-10-26(25)44)42-43-45(32)14-17-57-39-37(54)35(52)38(28(22-47)59-39)60-40-36(53)34(51)33(50)27(21-46)58-40/h3-10,27-28,33-40,46-47,50-54H,2,11-22H2,1H3,(H,41,48)/t27?,28-,33-,34?,35?,36?,37?,38+,39+,40-/m0/s1. The van der Waals surface area contributed by atoms with Crippen LogP contribution in [-0.4, -0.2) is 177 Å². The van der Waals surface area contributed by atoms with Crippen molar-refractivity contribution in [3.8, 4) is 22.5 Å². The fraction of sp³-hybridized carbons (Fsp3) is 0.600. The maximum Gasteiger partial charge on any atom is 0.227 e. The quantitative estimate of drug-likeness (QED) is 0.0634.